The second-order valence-corrected chi connectivity index (χ2v) is 9.33. The van der Waals surface area contributed by atoms with Crippen molar-refractivity contribution in [2.24, 2.45) is 0 Å². The summed E-state index contributed by atoms with van der Waals surface area (Å²) in [6.07, 6.45) is 1.53. The van der Waals surface area contributed by atoms with Gasteiger partial charge in [-0.1, -0.05) is 41.9 Å². The molecule has 0 saturated carbocycles. The number of benzene rings is 2. The van der Waals surface area contributed by atoms with E-state index < -0.39 is 17.7 Å². The Kier molecular flexibility index (Phi) is 6.91. The van der Waals surface area contributed by atoms with Gasteiger partial charge < -0.3 is 14.7 Å². The zero-order valence-electron chi connectivity index (χ0n) is 19.9. The molecule has 2 fully saturated rings. The Morgan fingerprint density at radius 1 is 1.06 bits per heavy atom. The third-order valence-corrected chi connectivity index (χ3v) is 7.00. The summed E-state index contributed by atoms with van der Waals surface area (Å²) >= 11 is 6.11. The van der Waals surface area contributed by atoms with E-state index in [1.165, 1.54) is 6.20 Å². The van der Waals surface area contributed by atoms with Crippen LogP contribution in [0.2, 0.25) is 5.02 Å². The Hall–Kier alpha value is -3.46. The molecule has 0 spiro atoms. The number of aromatic nitrogens is 2. The van der Waals surface area contributed by atoms with Crippen molar-refractivity contribution in [1.29, 1.82) is 0 Å². The normalized spacial score (nSPS) is 20.3. The van der Waals surface area contributed by atoms with E-state index in [0.29, 0.717) is 48.1 Å². The van der Waals surface area contributed by atoms with E-state index in [1.54, 1.807) is 33.8 Å². The molecule has 0 radical (unpaired) electrons. The molecule has 2 aliphatic rings. The average Bonchev–Trinajstić information content (AvgIpc) is 3.41. The summed E-state index contributed by atoms with van der Waals surface area (Å²) in [5.41, 5.74) is 2.65. The molecule has 8 nitrogen and oxygen atoms in total. The minimum atomic E-state index is -0.734. The van der Waals surface area contributed by atoms with Crippen LogP contribution in [-0.4, -0.2) is 75.8 Å². The van der Waals surface area contributed by atoms with Gasteiger partial charge in [0.25, 0.3) is 11.7 Å². The summed E-state index contributed by atoms with van der Waals surface area (Å²) in [5.74, 6) is -1.57. The Morgan fingerprint density at radius 2 is 1.75 bits per heavy atom. The van der Waals surface area contributed by atoms with E-state index >= 15 is 0 Å². The molecule has 5 rings (SSSR count). The van der Waals surface area contributed by atoms with Gasteiger partial charge in [-0.25, -0.2) is 4.68 Å². The fraction of sp³-hybridized carbons (Fsp3) is 0.296. The van der Waals surface area contributed by atoms with Gasteiger partial charge in [-0.05, 0) is 36.8 Å². The van der Waals surface area contributed by atoms with Gasteiger partial charge >= 0.3 is 0 Å². The Labute approximate surface area is 214 Å². The van der Waals surface area contributed by atoms with Crippen LogP contribution in [0.3, 0.4) is 0 Å². The minimum Gasteiger partial charge on any atom is -0.507 e. The first kappa shape index (κ1) is 24.2. The molecule has 2 aromatic carbocycles. The number of aliphatic hydroxyl groups is 1. The molecule has 1 atom stereocenters. The molecular formula is C27H27ClN4O4. The highest BCUT2D eigenvalue weighted by atomic mass is 35.5. The number of hydrogen-bond donors (Lipinski definition) is 1. The summed E-state index contributed by atoms with van der Waals surface area (Å²) < 4.78 is 7.11. The second kappa shape index (κ2) is 10.3. The van der Waals surface area contributed by atoms with Crippen LogP contribution in [0.5, 0.6) is 0 Å². The van der Waals surface area contributed by atoms with Crippen LogP contribution < -0.4 is 0 Å². The Balaban J connectivity index is 1.55. The lowest BCUT2D eigenvalue weighted by Crippen LogP contribution is -2.42. The lowest BCUT2D eigenvalue weighted by molar-refractivity contribution is -0.140. The smallest absolute Gasteiger partial charge is 0.295 e. The van der Waals surface area contributed by atoms with Crippen LogP contribution in [-0.2, 0) is 14.3 Å². The van der Waals surface area contributed by atoms with Gasteiger partial charge in [0.1, 0.15) is 5.76 Å². The molecule has 0 bridgehead atoms. The van der Waals surface area contributed by atoms with Gasteiger partial charge in [0.05, 0.1) is 48.0 Å². The maximum atomic E-state index is 13.3. The largest absolute Gasteiger partial charge is 0.507 e. The number of carbonyl (C=O) groups excluding carboxylic acids is 2. The number of ketones is 1. The lowest BCUT2D eigenvalue weighted by Gasteiger charge is -2.31. The number of halogens is 1. The van der Waals surface area contributed by atoms with Crippen LogP contribution in [0, 0.1) is 6.92 Å². The molecule has 1 amide bonds. The highest BCUT2D eigenvalue weighted by molar-refractivity contribution is 6.46. The molecule has 36 heavy (non-hydrogen) atoms. The number of aliphatic hydroxyl groups excluding tert-OH is 1. The number of nitrogens with zero attached hydrogens (tertiary/aromatic N) is 4. The average molecular weight is 507 g/mol. The number of carbonyl (C=O) groups is 2. The van der Waals surface area contributed by atoms with Crippen LogP contribution in [0.1, 0.15) is 22.9 Å². The Bertz CT molecular complexity index is 1300. The van der Waals surface area contributed by atoms with Crippen LogP contribution in [0.25, 0.3) is 11.4 Å². The summed E-state index contributed by atoms with van der Waals surface area (Å²) in [6.45, 7) is 5.60. The van der Waals surface area contributed by atoms with E-state index in [1.807, 2.05) is 37.3 Å². The highest BCUT2D eigenvalue weighted by Gasteiger charge is 2.46. The van der Waals surface area contributed by atoms with Gasteiger partial charge in [-0.15, -0.1) is 0 Å². The first-order chi connectivity index (χ1) is 17.5. The van der Waals surface area contributed by atoms with E-state index in [0.717, 1.165) is 18.8 Å². The standard InChI is InChI=1S/C27H27ClN4O4/c1-18-22(17-29-32(18)21-5-3-2-4-6-21)25(33)23-24(19-7-9-20(28)10-8-19)31(27(35)26(23)34)12-11-30-13-15-36-16-14-30/h2-10,17,24,33H,11-16H2,1H3/b25-23+. The number of para-hydroxylation sites is 1. The SMILES string of the molecule is Cc1c(/C(O)=C2\C(=O)C(=O)N(CCN3CCOCC3)C2c2ccc(Cl)cc2)cnn1-c1ccccc1. The van der Waals surface area contributed by atoms with Crippen molar-refractivity contribution in [2.45, 2.75) is 13.0 Å². The monoisotopic (exact) mass is 506 g/mol. The third-order valence-electron chi connectivity index (χ3n) is 6.75. The predicted octanol–water partition coefficient (Wildman–Crippen LogP) is 3.59. The quantitative estimate of drug-likeness (QED) is 0.312. The molecule has 0 aliphatic carbocycles. The molecule has 9 heteroatoms. The van der Waals surface area contributed by atoms with Gasteiger partial charge in [-0.2, -0.15) is 5.10 Å². The van der Waals surface area contributed by atoms with Crippen molar-refractivity contribution in [3.05, 3.63) is 88.2 Å². The maximum absolute atomic E-state index is 13.3. The van der Waals surface area contributed by atoms with E-state index in [2.05, 4.69) is 10.00 Å². The van der Waals surface area contributed by atoms with Crippen molar-refractivity contribution in [2.75, 3.05) is 39.4 Å². The number of rotatable bonds is 6. The van der Waals surface area contributed by atoms with E-state index in [-0.39, 0.29) is 11.3 Å². The van der Waals surface area contributed by atoms with E-state index in [4.69, 9.17) is 16.3 Å². The van der Waals surface area contributed by atoms with Gasteiger partial charge in [-0.3, -0.25) is 14.5 Å². The van der Waals surface area contributed by atoms with Gasteiger partial charge in [0, 0.05) is 31.2 Å². The zero-order chi connectivity index (χ0) is 25.2. The fourth-order valence-electron chi connectivity index (χ4n) is 4.79. The number of hydrogen-bond acceptors (Lipinski definition) is 6. The summed E-state index contributed by atoms with van der Waals surface area (Å²) in [6, 6.07) is 15.8. The molecular weight excluding hydrogens is 480 g/mol. The number of likely N-dealkylation sites (tertiary alicyclic amines) is 1. The number of amides is 1. The number of Topliss-reactive ketones (excluding diaryl/α,β-unsaturated/α-hetero) is 1. The summed E-state index contributed by atoms with van der Waals surface area (Å²) in [5, 5.41) is 16.4. The van der Waals surface area contributed by atoms with Crippen molar-refractivity contribution in [3.63, 3.8) is 0 Å². The van der Waals surface area contributed by atoms with E-state index in [9.17, 15) is 14.7 Å². The highest BCUT2D eigenvalue weighted by Crippen LogP contribution is 2.40. The minimum absolute atomic E-state index is 0.0556. The van der Waals surface area contributed by atoms with Gasteiger partial charge in [0.2, 0.25) is 0 Å². The zero-order valence-corrected chi connectivity index (χ0v) is 20.7. The molecule has 1 N–H and O–H groups in total. The first-order valence-corrected chi connectivity index (χ1v) is 12.3. The van der Waals surface area contributed by atoms with Crippen molar-refractivity contribution in [1.82, 2.24) is 19.6 Å². The first-order valence-electron chi connectivity index (χ1n) is 11.9. The molecule has 186 valence electrons. The molecule has 2 saturated heterocycles. The molecule has 3 aromatic rings. The molecule has 1 unspecified atom stereocenters. The van der Waals surface area contributed by atoms with Crippen LogP contribution >= 0.6 is 11.6 Å². The second-order valence-electron chi connectivity index (χ2n) is 8.89. The lowest BCUT2D eigenvalue weighted by atomic mass is 9.95. The Morgan fingerprint density at radius 3 is 2.44 bits per heavy atom. The number of ether oxygens (including phenoxy) is 1. The van der Waals surface area contributed by atoms with Crippen molar-refractivity contribution < 1.29 is 19.4 Å². The van der Waals surface area contributed by atoms with Gasteiger partial charge in [0.15, 0.2) is 0 Å². The molecule has 1 aromatic heterocycles. The predicted molar refractivity (Wildman–Crippen MR) is 136 cm³/mol. The topological polar surface area (TPSA) is 87.9 Å². The summed E-state index contributed by atoms with van der Waals surface area (Å²) in [7, 11) is 0. The fourth-order valence-corrected chi connectivity index (χ4v) is 4.92. The van der Waals surface area contributed by atoms with Crippen molar-refractivity contribution >= 4 is 29.1 Å². The number of morpholine rings is 1. The molecule has 3 heterocycles. The van der Waals surface area contributed by atoms with Crippen LogP contribution in [0.4, 0.5) is 0 Å². The maximum Gasteiger partial charge on any atom is 0.295 e. The summed E-state index contributed by atoms with van der Waals surface area (Å²) in [4.78, 5) is 30.3. The molecule has 2 aliphatic heterocycles. The van der Waals surface area contributed by atoms with Crippen molar-refractivity contribution in [3.8, 4) is 5.69 Å². The van der Waals surface area contributed by atoms with Crippen LogP contribution in [0.15, 0.2) is 66.4 Å². The third kappa shape index (κ3) is 4.55.